The second-order valence-electron chi connectivity index (χ2n) is 5.61. The maximum absolute atomic E-state index is 4.43. The van der Waals surface area contributed by atoms with E-state index in [1.165, 1.54) is 11.1 Å². The van der Waals surface area contributed by atoms with E-state index in [1.807, 2.05) is 19.4 Å². The molecule has 2 atom stereocenters. The summed E-state index contributed by atoms with van der Waals surface area (Å²) < 4.78 is 2.09. The van der Waals surface area contributed by atoms with Gasteiger partial charge in [-0.05, 0) is 31.6 Å². The summed E-state index contributed by atoms with van der Waals surface area (Å²) in [6, 6.07) is 9.63. The highest BCUT2D eigenvalue weighted by atomic mass is 15.2. The van der Waals surface area contributed by atoms with E-state index in [0.29, 0.717) is 12.1 Å². The summed E-state index contributed by atoms with van der Waals surface area (Å²) in [7, 11) is 6.29. The van der Waals surface area contributed by atoms with Crippen LogP contribution in [-0.2, 0) is 20.0 Å². The summed E-state index contributed by atoms with van der Waals surface area (Å²) in [6.45, 7) is 0.875. The van der Waals surface area contributed by atoms with Crippen molar-refractivity contribution in [1.29, 1.82) is 0 Å². The molecule has 0 fully saturated rings. The van der Waals surface area contributed by atoms with Crippen LogP contribution < -0.4 is 5.32 Å². The molecule has 0 saturated heterocycles. The van der Waals surface area contributed by atoms with E-state index < -0.39 is 0 Å². The lowest BCUT2D eigenvalue weighted by atomic mass is 10.1. The van der Waals surface area contributed by atoms with E-state index in [1.54, 1.807) is 0 Å². The van der Waals surface area contributed by atoms with Crippen molar-refractivity contribution in [1.82, 2.24) is 19.8 Å². The van der Waals surface area contributed by atoms with E-state index in [2.05, 4.69) is 58.1 Å². The summed E-state index contributed by atoms with van der Waals surface area (Å²) in [5.74, 6) is 1.11. The zero-order valence-electron chi connectivity index (χ0n) is 12.4. The first kappa shape index (κ1) is 13.3. The fourth-order valence-electron chi connectivity index (χ4n) is 3.22. The van der Waals surface area contributed by atoms with Crippen molar-refractivity contribution in [3.8, 4) is 0 Å². The van der Waals surface area contributed by atoms with Crippen molar-refractivity contribution in [2.75, 3.05) is 14.1 Å². The normalized spacial score (nSPS) is 21.4. The van der Waals surface area contributed by atoms with Crippen LogP contribution in [0.1, 0.15) is 23.0 Å². The number of aryl methyl sites for hydroxylation is 1. The fraction of sp³-hybridized carbons (Fsp3) is 0.438. The first-order chi connectivity index (χ1) is 9.70. The van der Waals surface area contributed by atoms with Crippen LogP contribution in [0, 0.1) is 0 Å². The molecule has 1 aliphatic rings. The van der Waals surface area contributed by atoms with E-state index in [9.17, 15) is 0 Å². The van der Waals surface area contributed by atoms with Crippen LogP contribution in [0.5, 0.6) is 0 Å². The van der Waals surface area contributed by atoms with Gasteiger partial charge in [0.05, 0.1) is 6.54 Å². The topological polar surface area (TPSA) is 33.1 Å². The van der Waals surface area contributed by atoms with Gasteiger partial charge in [-0.1, -0.05) is 24.3 Å². The van der Waals surface area contributed by atoms with Crippen molar-refractivity contribution in [3.05, 3.63) is 53.6 Å². The molecule has 1 aliphatic carbocycles. The molecule has 3 rings (SSSR count). The highest BCUT2D eigenvalue weighted by molar-refractivity contribution is 5.37. The van der Waals surface area contributed by atoms with Gasteiger partial charge in [0.2, 0.25) is 0 Å². The maximum Gasteiger partial charge on any atom is 0.122 e. The minimum Gasteiger partial charge on any atom is -0.337 e. The molecule has 1 N–H and O–H groups in total. The Kier molecular flexibility index (Phi) is 3.59. The van der Waals surface area contributed by atoms with E-state index in [0.717, 1.165) is 18.8 Å². The van der Waals surface area contributed by atoms with Gasteiger partial charge in [-0.3, -0.25) is 4.90 Å². The molecule has 0 spiro atoms. The van der Waals surface area contributed by atoms with Crippen LogP contribution in [0.25, 0.3) is 0 Å². The number of hydrogen-bond donors (Lipinski definition) is 1. The molecule has 0 aliphatic heterocycles. The second-order valence-corrected chi connectivity index (χ2v) is 5.61. The SMILES string of the molecule is CNC1c2ccccc2CC1N(C)Cc1nccn1C. The Morgan fingerprint density at radius 2 is 2.20 bits per heavy atom. The molecular weight excluding hydrogens is 248 g/mol. The van der Waals surface area contributed by atoms with Gasteiger partial charge in [-0.2, -0.15) is 0 Å². The highest BCUT2D eigenvalue weighted by Gasteiger charge is 2.33. The Hall–Kier alpha value is -1.65. The minimum atomic E-state index is 0.400. The fourth-order valence-corrected chi connectivity index (χ4v) is 3.22. The number of benzene rings is 1. The van der Waals surface area contributed by atoms with Gasteiger partial charge in [-0.25, -0.2) is 4.98 Å². The summed E-state index contributed by atoms with van der Waals surface area (Å²) in [5.41, 5.74) is 2.90. The number of hydrogen-bond acceptors (Lipinski definition) is 3. The van der Waals surface area contributed by atoms with Gasteiger partial charge in [0, 0.05) is 31.5 Å². The number of nitrogens with zero attached hydrogens (tertiary/aromatic N) is 3. The molecule has 1 aromatic carbocycles. The van der Waals surface area contributed by atoms with Crippen molar-refractivity contribution in [2.24, 2.45) is 7.05 Å². The van der Waals surface area contributed by atoms with Gasteiger partial charge in [0.25, 0.3) is 0 Å². The first-order valence-corrected chi connectivity index (χ1v) is 7.12. The number of rotatable bonds is 4. The van der Waals surface area contributed by atoms with Crippen molar-refractivity contribution in [3.63, 3.8) is 0 Å². The van der Waals surface area contributed by atoms with Crippen LogP contribution in [0.15, 0.2) is 36.7 Å². The maximum atomic E-state index is 4.43. The lowest BCUT2D eigenvalue weighted by Crippen LogP contribution is -2.39. The summed E-state index contributed by atoms with van der Waals surface area (Å²) in [6.07, 6.45) is 4.97. The molecule has 2 aromatic rings. The van der Waals surface area contributed by atoms with Gasteiger partial charge in [0.15, 0.2) is 0 Å². The molecule has 0 saturated carbocycles. The van der Waals surface area contributed by atoms with E-state index in [4.69, 9.17) is 0 Å². The minimum absolute atomic E-state index is 0.400. The zero-order chi connectivity index (χ0) is 14.1. The molecule has 4 heteroatoms. The second kappa shape index (κ2) is 5.38. The first-order valence-electron chi connectivity index (χ1n) is 7.12. The number of nitrogens with one attached hydrogen (secondary N) is 1. The zero-order valence-corrected chi connectivity index (χ0v) is 12.4. The smallest absolute Gasteiger partial charge is 0.122 e. The molecule has 20 heavy (non-hydrogen) atoms. The Labute approximate surface area is 120 Å². The monoisotopic (exact) mass is 270 g/mol. The summed E-state index contributed by atoms with van der Waals surface area (Å²) in [4.78, 5) is 6.83. The Balaban J connectivity index is 1.79. The van der Waals surface area contributed by atoms with Crippen LogP contribution in [-0.4, -0.2) is 34.6 Å². The average molecular weight is 270 g/mol. The number of fused-ring (bicyclic) bond motifs is 1. The van der Waals surface area contributed by atoms with Crippen LogP contribution in [0.3, 0.4) is 0 Å². The number of likely N-dealkylation sites (N-methyl/N-ethyl adjacent to an activating group) is 2. The molecule has 2 unspecified atom stereocenters. The van der Waals surface area contributed by atoms with Gasteiger partial charge in [0.1, 0.15) is 5.82 Å². The summed E-state index contributed by atoms with van der Waals surface area (Å²) in [5, 5.41) is 3.48. The Bertz CT molecular complexity index is 590. The highest BCUT2D eigenvalue weighted by Crippen LogP contribution is 2.34. The van der Waals surface area contributed by atoms with Gasteiger partial charge in [-0.15, -0.1) is 0 Å². The van der Waals surface area contributed by atoms with Crippen LogP contribution in [0.2, 0.25) is 0 Å². The molecule has 1 heterocycles. The average Bonchev–Trinajstić information content (AvgIpc) is 3.02. The van der Waals surface area contributed by atoms with E-state index >= 15 is 0 Å². The quantitative estimate of drug-likeness (QED) is 0.918. The third-order valence-corrected chi connectivity index (χ3v) is 4.39. The Morgan fingerprint density at radius 3 is 2.90 bits per heavy atom. The molecule has 4 nitrogen and oxygen atoms in total. The van der Waals surface area contributed by atoms with Crippen molar-refractivity contribution < 1.29 is 0 Å². The molecule has 0 bridgehead atoms. The molecule has 106 valence electrons. The van der Waals surface area contributed by atoms with Crippen LogP contribution in [0.4, 0.5) is 0 Å². The standard InChI is InChI=1S/C16H22N4/c1-17-16-13-7-5-4-6-12(13)10-14(16)20(3)11-15-18-8-9-19(15)2/h4-9,14,16-17H,10-11H2,1-3H3. The van der Waals surface area contributed by atoms with Gasteiger partial charge < -0.3 is 9.88 Å². The van der Waals surface area contributed by atoms with Crippen molar-refractivity contribution >= 4 is 0 Å². The number of imidazole rings is 1. The number of aromatic nitrogens is 2. The van der Waals surface area contributed by atoms with Gasteiger partial charge >= 0.3 is 0 Å². The third kappa shape index (κ3) is 2.25. The summed E-state index contributed by atoms with van der Waals surface area (Å²) >= 11 is 0. The Morgan fingerprint density at radius 1 is 1.40 bits per heavy atom. The predicted octanol–water partition coefficient (Wildman–Crippen LogP) is 1.74. The third-order valence-electron chi connectivity index (χ3n) is 4.39. The molecular formula is C16H22N4. The van der Waals surface area contributed by atoms with Crippen molar-refractivity contribution in [2.45, 2.75) is 25.0 Å². The largest absolute Gasteiger partial charge is 0.337 e. The molecule has 1 aromatic heterocycles. The lowest BCUT2D eigenvalue weighted by Gasteiger charge is -2.29. The molecule has 0 radical (unpaired) electrons. The van der Waals surface area contributed by atoms with Crippen LogP contribution >= 0.6 is 0 Å². The lowest BCUT2D eigenvalue weighted by molar-refractivity contribution is 0.195. The van der Waals surface area contributed by atoms with E-state index in [-0.39, 0.29) is 0 Å². The predicted molar refractivity (Wildman–Crippen MR) is 80.4 cm³/mol. The molecule has 0 amide bonds.